The Balaban J connectivity index is 1.37. The molecule has 0 saturated heterocycles. The van der Waals surface area contributed by atoms with Gasteiger partial charge in [-0.25, -0.2) is 0 Å². The van der Waals surface area contributed by atoms with E-state index in [1.807, 2.05) is 0 Å². The first kappa shape index (κ1) is 17.7. The molecular formula is C18H18N2O3S2. The molecule has 0 aliphatic carbocycles. The predicted molar refractivity (Wildman–Crippen MR) is 99.9 cm³/mol. The topological polar surface area (TPSA) is 66.5 Å². The first-order chi connectivity index (χ1) is 12.2. The lowest BCUT2D eigenvalue weighted by molar-refractivity contribution is -0.121. The Morgan fingerprint density at radius 1 is 1.12 bits per heavy atom. The largest absolute Gasteiger partial charge is 0.355 e. The second-order valence-electron chi connectivity index (χ2n) is 5.59. The first-order valence-corrected chi connectivity index (χ1v) is 10.1. The molecular weight excluding hydrogens is 356 g/mol. The molecule has 0 bridgehead atoms. The Hall–Kier alpha value is -2.12. The number of hydrogen-bond donors (Lipinski definition) is 1. The zero-order valence-corrected chi connectivity index (χ0v) is 15.2. The van der Waals surface area contributed by atoms with Gasteiger partial charge in [0, 0.05) is 31.0 Å². The highest BCUT2D eigenvalue weighted by molar-refractivity contribution is 7.98. The number of benzene rings is 1. The lowest BCUT2D eigenvalue weighted by Gasteiger charge is -2.13. The van der Waals surface area contributed by atoms with Crippen molar-refractivity contribution < 1.29 is 14.4 Å². The van der Waals surface area contributed by atoms with Gasteiger partial charge >= 0.3 is 0 Å². The van der Waals surface area contributed by atoms with E-state index < -0.39 is 0 Å². The van der Waals surface area contributed by atoms with Crippen molar-refractivity contribution in [3.05, 3.63) is 57.8 Å². The summed E-state index contributed by atoms with van der Waals surface area (Å²) in [6.45, 7) is 0.690. The molecule has 3 amide bonds. The van der Waals surface area contributed by atoms with E-state index in [1.165, 1.54) is 5.56 Å². The van der Waals surface area contributed by atoms with Crippen LogP contribution in [0.5, 0.6) is 0 Å². The zero-order valence-electron chi connectivity index (χ0n) is 13.6. The highest BCUT2D eigenvalue weighted by Crippen LogP contribution is 2.22. The lowest BCUT2D eigenvalue weighted by Crippen LogP contribution is -2.35. The minimum Gasteiger partial charge on any atom is -0.355 e. The smallest absolute Gasteiger partial charge is 0.261 e. The predicted octanol–water partition coefficient (Wildman–Crippen LogP) is 2.78. The fourth-order valence-corrected chi connectivity index (χ4v) is 4.15. The van der Waals surface area contributed by atoms with Crippen molar-refractivity contribution in [2.45, 2.75) is 12.2 Å². The van der Waals surface area contributed by atoms with E-state index >= 15 is 0 Å². The van der Waals surface area contributed by atoms with E-state index in [4.69, 9.17) is 0 Å². The van der Waals surface area contributed by atoms with Gasteiger partial charge in [-0.2, -0.15) is 23.1 Å². The highest BCUT2D eigenvalue weighted by Gasteiger charge is 2.34. The average molecular weight is 374 g/mol. The van der Waals surface area contributed by atoms with Gasteiger partial charge in [0.1, 0.15) is 0 Å². The normalized spacial score (nSPS) is 13.2. The third-order valence-corrected chi connectivity index (χ3v) is 5.62. The number of nitrogens with one attached hydrogen (secondary N) is 1. The SMILES string of the molecule is O=C(CCN1C(=O)c2ccccc2C1=O)NCCSCc1ccsc1. The van der Waals surface area contributed by atoms with Gasteiger partial charge in [0.2, 0.25) is 5.91 Å². The molecule has 130 valence electrons. The van der Waals surface area contributed by atoms with Gasteiger partial charge < -0.3 is 5.32 Å². The van der Waals surface area contributed by atoms with Crippen LogP contribution in [0.3, 0.4) is 0 Å². The first-order valence-electron chi connectivity index (χ1n) is 7.97. The number of carbonyl (C=O) groups excluding carboxylic acids is 3. The summed E-state index contributed by atoms with van der Waals surface area (Å²) in [6.07, 6.45) is 0.126. The molecule has 3 rings (SSSR count). The molecule has 1 aliphatic rings. The van der Waals surface area contributed by atoms with Crippen LogP contribution in [0.2, 0.25) is 0 Å². The van der Waals surface area contributed by atoms with Gasteiger partial charge in [-0.3, -0.25) is 19.3 Å². The van der Waals surface area contributed by atoms with Crippen LogP contribution in [0.4, 0.5) is 0 Å². The molecule has 1 N–H and O–H groups in total. The number of thiophene rings is 1. The van der Waals surface area contributed by atoms with Gasteiger partial charge in [-0.15, -0.1) is 0 Å². The molecule has 0 saturated carbocycles. The zero-order chi connectivity index (χ0) is 17.6. The van der Waals surface area contributed by atoms with Crippen LogP contribution < -0.4 is 5.32 Å². The van der Waals surface area contributed by atoms with Crippen molar-refractivity contribution in [3.63, 3.8) is 0 Å². The molecule has 0 unspecified atom stereocenters. The maximum atomic E-state index is 12.2. The van der Waals surface area contributed by atoms with E-state index in [0.29, 0.717) is 17.7 Å². The minimum absolute atomic E-state index is 0.111. The molecule has 7 heteroatoms. The van der Waals surface area contributed by atoms with E-state index in [-0.39, 0.29) is 30.7 Å². The molecule has 1 aliphatic heterocycles. The Morgan fingerprint density at radius 2 is 1.84 bits per heavy atom. The molecule has 0 fully saturated rings. The fraction of sp³-hybridized carbons (Fsp3) is 0.278. The van der Waals surface area contributed by atoms with Crippen LogP contribution in [-0.2, 0) is 10.5 Å². The summed E-state index contributed by atoms with van der Waals surface area (Å²) < 4.78 is 0. The third-order valence-electron chi connectivity index (χ3n) is 3.86. The van der Waals surface area contributed by atoms with Crippen LogP contribution >= 0.6 is 23.1 Å². The number of rotatable bonds is 8. The van der Waals surface area contributed by atoms with Crippen LogP contribution in [0.15, 0.2) is 41.1 Å². The van der Waals surface area contributed by atoms with Crippen LogP contribution in [0.1, 0.15) is 32.7 Å². The molecule has 5 nitrogen and oxygen atoms in total. The molecule has 1 aromatic heterocycles. The Morgan fingerprint density at radius 3 is 2.48 bits per heavy atom. The summed E-state index contributed by atoms with van der Waals surface area (Å²) in [5.74, 6) is 0.982. The number of carbonyl (C=O) groups is 3. The molecule has 2 heterocycles. The number of thioether (sulfide) groups is 1. The summed E-state index contributed by atoms with van der Waals surface area (Å²) in [7, 11) is 0. The van der Waals surface area contributed by atoms with Crippen molar-refractivity contribution in [2.75, 3.05) is 18.8 Å². The number of fused-ring (bicyclic) bond motifs is 1. The van der Waals surface area contributed by atoms with Crippen molar-refractivity contribution in [1.29, 1.82) is 0 Å². The minimum atomic E-state index is -0.320. The van der Waals surface area contributed by atoms with Crippen molar-refractivity contribution in [3.8, 4) is 0 Å². The van der Waals surface area contributed by atoms with Gasteiger partial charge in [-0.1, -0.05) is 12.1 Å². The second kappa shape index (κ2) is 8.31. The van der Waals surface area contributed by atoms with E-state index in [1.54, 1.807) is 47.4 Å². The van der Waals surface area contributed by atoms with E-state index in [2.05, 4.69) is 22.1 Å². The highest BCUT2D eigenvalue weighted by atomic mass is 32.2. The lowest BCUT2D eigenvalue weighted by atomic mass is 10.1. The number of hydrogen-bond acceptors (Lipinski definition) is 5. The monoisotopic (exact) mass is 374 g/mol. The summed E-state index contributed by atoms with van der Waals surface area (Å²) in [4.78, 5) is 37.5. The number of amides is 3. The molecule has 25 heavy (non-hydrogen) atoms. The number of imide groups is 1. The summed E-state index contributed by atoms with van der Waals surface area (Å²) in [5, 5.41) is 7.00. The van der Waals surface area contributed by atoms with Crippen LogP contribution in [0.25, 0.3) is 0 Å². The molecule has 2 aromatic rings. The summed E-state index contributed by atoms with van der Waals surface area (Å²) in [5.41, 5.74) is 2.13. The van der Waals surface area contributed by atoms with Gasteiger partial charge in [0.15, 0.2) is 0 Å². The van der Waals surface area contributed by atoms with Crippen LogP contribution in [0, 0.1) is 0 Å². The summed E-state index contributed by atoms with van der Waals surface area (Å²) >= 11 is 3.44. The maximum Gasteiger partial charge on any atom is 0.261 e. The van der Waals surface area contributed by atoms with Gasteiger partial charge in [-0.05, 0) is 34.5 Å². The van der Waals surface area contributed by atoms with Gasteiger partial charge in [0.25, 0.3) is 11.8 Å². The fourth-order valence-electron chi connectivity index (χ4n) is 2.57. The Kier molecular flexibility index (Phi) is 5.88. The van der Waals surface area contributed by atoms with Crippen molar-refractivity contribution in [1.82, 2.24) is 10.2 Å². The van der Waals surface area contributed by atoms with E-state index in [0.717, 1.165) is 16.4 Å². The second-order valence-corrected chi connectivity index (χ2v) is 7.48. The van der Waals surface area contributed by atoms with E-state index in [9.17, 15) is 14.4 Å². The Bertz CT molecular complexity index is 739. The quantitative estimate of drug-likeness (QED) is 0.570. The van der Waals surface area contributed by atoms with Gasteiger partial charge in [0.05, 0.1) is 11.1 Å². The standard InChI is InChI=1S/C18H18N2O3S2/c21-16(19-7-10-25-12-13-6-9-24-11-13)5-8-20-17(22)14-3-1-2-4-15(14)18(20)23/h1-4,6,9,11H,5,7-8,10,12H2,(H,19,21). The average Bonchev–Trinajstić information content (AvgIpc) is 3.22. The van der Waals surface area contributed by atoms with Crippen molar-refractivity contribution >= 4 is 40.8 Å². The van der Waals surface area contributed by atoms with Crippen LogP contribution in [-0.4, -0.2) is 41.5 Å². The third kappa shape index (κ3) is 4.29. The summed E-state index contributed by atoms with van der Waals surface area (Å²) in [6, 6.07) is 8.83. The Labute approximate surface area is 154 Å². The molecule has 0 atom stereocenters. The van der Waals surface area contributed by atoms with Crippen molar-refractivity contribution in [2.24, 2.45) is 0 Å². The number of nitrogens with zero attached hydrogens (tertiary/aromatic N) is 1. The molecule has 0 spiro atoms. The molecule has 1 aromatic carbocycles. The maximum absolute atomic E-state index is 12.2. The molecule has 0 radical (unpaired) electrons.